The summed E-state index contributed by atoms with van der Waals surface area (Å²) in [6, 6.07) is -0.752. The van der Waals surface area contributed by atoms with Gasteiger partial charge in [0.25, 0.3) is 0 Å². The van der Waals surface area contributed by atoms with E-state index in [1.165, 1.54) is 11.8 Å². The van der Waals surface area contributed by atoms with Gasteiger partial charge in [0.2, 0.25) is 0 Å². The van der Waals surface area contributed by atoms with Gasteiger partial charge in [0.05, 0.1) is 18.2 Å². The first-order valence-electron chi connectivity index (χ1n) is 7.16. The number of thioether (sulfide) groups is 1. The lowest BCUT2D eigenvalue weighted by molar-refractivity contribution is -0.138. The molecule has 8 nitrogen and oxygen atoms in total. The molecule has 0 aliphatic carbocycles. The van der Waals surface area contributed by atoms with Crippen LogP contribution in [-0.2, 0) is 16.1 Å². The Morgan fingerprint density at radius 1 is 1.61 bits per heavy atom. The average Bonchev–Trinajstić information content (AvgIpc) is 2.92. The largest absolute Gasteiger partial charge is 0.463 e. The predicted octanol–water partition coefficient (Wildman–Crippen LogP) is 1.07. The average molecular weight is 337 g/mol. The van der Waals surface area contributed by atoms with Crippen LogP contribution in [0.1, 0.15) is 13.8 Å². The number of esters is 1. The second kappa shape index (κ2) is 7.82. The molecule has 2 heterocycles. The minimum absolute atomic E-state index is 0.275. The number of nitrogens with zero attached hydrogens (tertiary/aromatic N) is 3. The minimum atomic E-state index is -0.435. The molecule has 124 valence electrons. The molecule has 2 N–H and O–H groups in total. The van der Waals surface area contributed by atoms with E-state index < -0.39 is 12.0 Å². The molecule has 1 aromatic rings. The van der Waals surface area contributed by atoms with Gasteiger partial charge < -0.3 is 19.9 Å². The van der Waals surface area contributed by atoms with Gasteiger partial charge in [-0.15, -0.1) is 16.8 Å². The number of aromatic nitrogens is 3. The quantitative estimate of drug-likeness (QED) is 0.439. The van der Waals surface area contributed by atoms with Crippen LogP contribution >= 0.6 is 11.8 Å². The van der Waals surface area contributed by atoms with Gasteiger partial charge in [0.1, 0.15) is 6.33 Å². The van der Waals surface area contributed by atoms with E-state index in [1.807, 2.05) is 4.57 Å². The van der Waals surface area contributed by atoms with Crippen molar-refractivity contribution in [3.05, 3.63) is 30.3 Å². The van der Waals surface area contributed by atoms with Gasteiger partial charge in [0, 0.05) is 18.0 Å². The minimum Gasteiger partial charge on any atom is -0.463 e. The molecule has 0 saturated carbocycles. The number of amides is 2. The highest BCUT2D eigenvalue weighted by molar-refractivity contribution is 7.99. The van der Waals surface area contributed by atoms with E-state index in [1.54, 1.807) is 26.3 Å². The summed E-state index contributed by atoms with van der Waals surface area (Å²) in [5, 5.41) is 13.9. The predicted molar refractivity (Wildman–Crippen MR) is 85.7 cm³/mol. The Kier molecular flexibility index (Phi) is 5.80. The summed E-state index contributed by atoms with van der Waals surface area (Å²) in [6.07, 6.45) is 3.35. The molecule has 0 saturated heterocycles. The first-order valence-corrected chi connectivity index (χ1v) is 8.14. The van der Waals surface area contributed by atoms with Crippen molar-refractivity contribution >= 4 is 23.8 Å². The van der Waals surface area contributed by atoms with Gasteiger partial charge in [-0.3, -0.25) is 0 Å². The van der Waals surface area contributed by atoms with Crippen molar-refractivity contribution in [3.8, 4) is 0 Å². The molecule has 0 aromatic carbocycles. The molecule has 0 bridgehead atoms. The molecule has 23 heavy (non-hydrogen) atoms. The lowest BCUT2D eigenvalue weighted by Crippen LogP contribution is -2.49. The zero-order chi connectivity index (χ0) is 16.8. The topological polar surface area (TPSA) is 98.1 Å². The van der Waals surface area contributed by atoms with Gasteiger partial charge in [0.15, 0.2) is 5.16 Å². The van der Waals surface area contributed by atoms with E-state index in [9.17, 15) is 9.59 Å². The summed E-state index contributed by atoms with van der Waals surface area (Å²) in [4.78, 5) is 23.8. The Morgan fingerprint density at radius 3 is 3.09 bits per heavy atom. The molecule has 2 amide bonds. The first kappa shape index (κ1) is 17.1. The lowest BCUT2D eigenvalue weighted by atomic mass is 10.1. The summed E-state index contributed by atoms with van der Waals surface area (Å²) in [6.45, 7) is 8.03. The van der Waals surface area contributed by atoms with Crippen molar-refractivity contribution in [2.24, 2.45) is 0 Å². The van der Waals surface area contributed by atoms with Crippen LogP contribution in [0.4, 0.5) is 4.79 Å². The van der Waals surface area contributed by atoms with Crippen LogP contribution in [0.25, 0.3) is 0 Å². The molecule has 2 rings (SSSR count). The lowest BCUT2D eigenvalue weighted by Gasteiger charge is -2.26. The smallest absolute Gasteiger partial charge is 0.337 e. The standard InChI is InChI=1S/C14H19N5O3S/c1-4-6-19-8-15-18-14(19)23-7-10-11(12(20)22-5-2)9(3)16-13(21)17-10/h4,8-9H,1,5-7H2,2-3H3,(H2,16,17,21). The fourth-order valence-corrected chi connectivity index (χ4v) is 3.04. The molecule has 1 unspecified atom stereocenters. The number of ether oxygens (including phenoxy) is 1. The van der Waals surface area contributed by atoms with Gasteiger partial charge in [-0.2, -0.15) is 0 Å². The highest BCUT2D eigenvalue weighted by atomic mass is 32.2. The number of urea groups is 1. The van der Waals surface area contributed by atoms with E-state index in [-0.39, 0.29) is 12.6 Å². The van der Waals surface area contributed by atoms with Crippen LogP contribution in [0.3, 0.4) is 0 Å². The van der Waals surface area contributed by atoms with Gasteiger partial charge in [-0.05, 0) is 13.8 Å². The van der Waals surface area contributed by atoms with Crippen LogP contribution in [0.15, 0.2) is 35.4 Å². The second-order valence-corrected chi connectivity index (χ2v) is 5.72. The summed E-state index contributed by atoms with van der Waals surface area (Å²) < 4.78 is 6.90. The maximum absolute atomic E-state index is 12.1. The third-order valence-electron chi connectivity index (χ3n) is 3.12. The molecule has 0 fully saturated rings. The molecular formula is C14H19N5O3S. The Balaban J connectivity index is 2.19. The number of hydrogen-bond acceptors (Lipinski definition) is 6. The number of allylic oxidation sites excluding steroid dienone is 1. The van der Waals surface area contributed by atoms with Crippen LogP contribution in [-0.4, -0.2) is 45.2 Å². The van der Waals surface area contributed by atoms with Crippen LogP contribution in [0.5, 0.6) is 0 Å². The number of hydrogen-bond donors (Lipinski definition) is 2. The van der Waals surface area contributed by atoms with Crippen molar-refractivity contribution in [3.63, 3.8) is 0 Å². The molecule has 0 radical (unpaired) electrons. The molecule has 1 aliphatic heterocycles. The number of nitrogens with one attached hydrogen (secondary N) is 2. The van der Waals surface area contributed by atoms with Crippen molar-refractivity contribution in [2.75, 3.05) is 12.4 Å². The van der Waals surface area contributed by atoms with E-state index in [4.69, 9.17) is 4.74 Å². The van der Waals surface area contributed by atoms with Crippen LogP contribution < -0.4 is 10.6 Å². The SMILES string of the molecule is C=CCn1cnnc1SCC1=C(C(=O)OCC)C(C)NC(=O)N1. The Hall–Kier alpha value is -2.29. The van der Waals surface area contributed by atoms with E-state index in [0.29, 0.717) is 28.7 Å². The highest BCUT2D eigenvalue weighted by Crippen LogP contribution is 2.22. The molecular weight excluding hydrogens is 318 g/mol. The maximum Gasteiger partial charge on any atom is 0.337 e. The summed E-state index contributed by atoms with van der Waals surface area (Å²) in [7, 11) is 0. The normalized spacial score (nSPS) is 17.5. The van der Waals surface area contributed by atoms with Crippen molar-refractivity contribution in [1.29, 1.82) is 0 Å². The summed E-state index contributed by atoms with van der Waals surface area (Å²) in [5.41, 5.74) is 0.951. The van der Waals surface area contributed by atoms with E-state index >= 15 is 0 Å². The summed E-state index contributed by atoms with van der Waals surface area (Å²) in [5.74, 6) is -0.0578. The second-order valence-electron chi connectivity index (χ2n) is 4.78. The van der Waals surface area contributed by atoms with Crippen LogP contribution in [0, 0.1) is 0 Å². The zero-order valence-corrected chi connectivity index (χ0v) is 13.9. The fraction of sp³-hybridized carbons (Fsp3) is 0.429. The van der Waals surface area contributed by atoms with Gasteiger partial charge >= 0.3 is 12.0 Å². The van der Waals surface area contributed by atoms with Crippen LogP contribution in [0.2, 0.25) is 0 Å². The monoisotopic (exact) mass is 337 g/mol. The van der Waals surface area contributed by atoms with E-state index in [0.717, 1.165) is 0 Å². The number of carbonyl (C=O) groups excluding carboxylic acids is 2. The summed E-state index contributed by atoms with van der Waals surface area (Å²) >= 11 is 1.38. The third-order valence-corrected chi connectivity index (χ3v) is 4.12. The zero-order valence-electron chi connectivity index (χ0n) is 13.0. The molecule has 9 heteroatoms. The first-order chi connectivity index (χ1) is 11.1. The molecule has 1 atom stereocenters. The van der Waals surface area contributed by atoms with Crippen molar-refractivity contribution in [2.45, 2.75) is 31.6 Å². The third kappa shape index (κ3) is 4.13. The number of rotatable bonds is 7. The van der Waals surface area contributed by atoms with Gasteiger partial charge in [-0.25, -0.2) is 9.59 Å². The molecule has 0 spiro atoms. The number of carbonyl (C=O) groups is 2. The Bertz CT molecular complexity index is 640. The fourth-order valence-electron chi connectivity index (χ4n) is 2.15. The Labute approximate surface area is 138 Å². The molecule has 1 aromatic heterocycles. The molecule has 1 aliphatic rings. The maximum atomic E-state index is 12.1. The highest BCUT2D eigenvalue weighted by Gasteiger charge is 2.29. The Morgan fingerprint density at radius 2 is 2.39 bits per heavy atom. The van der Waals surface area contributed by atoms with Crippen molar-refractivity contribution in [1.82, 2.24) is 25.4 Å². The van der Waals surface area contributed by atoms with Crippen molar-refractivity contribution < 1.29 is 14.3 Å². The van der Waals surface area contributed by atoms with Gasteiger partial charge in [-0.1, -0.05) is 17.8 Å². The van der Waals surface area contributed by atoms with E-state index in [2.05, 4.69) is 27.4 Å².